The quantitative estimate of drug-likeness (QED) is 0.333. The first-order valence-corrected chi connectivity index (χ1v) is 13.0. The van der Waals surface area contributed by atoms with E-state index in [1.54, 1.807) is 56.0 Å². The molecule has 1 amide bonds. The Morgan fingerprint density at radius 1 is 1.08 bits per heavy atom. The molecule has 3 aromatic carbocycles. The molecule has 206 valence electrons. The van der Waals surface area contributed by atoms with E-state index < -0.39 is 35.1 Å². The van der Waals surface area contributed by atoms with E-state index in [-0.39, 0.29) is 18.3 Å². The fourth-order valence-electron chi connectivity index (χ4n) is 4.61. The molecule has 1 aliphatic rings. The maximum Gasteiger partial charge on any atom is 0.410 e. The summed E-state index contributed by atoms with van der Waals surface area (Å²) in [7, 11) is 0. The van der Waals surface area contributed by atoms with Crippen molar-refractivity contribution in [2.45, 2.75) is 57.8 Å². The average Bonchev–Trinajstić information content (AvgIpc) is 2.86. The molecule has 0 fully saturated rings. The van der Waals surface area contributed by atoms with Gasteiger partial charge in [0.15, 0.2) is 0 Å². The second-order valence-corrected chi connectivity index (χ2v) is 11.0. The lowest BCUT2D eigenvalue weighted by atomic mass is 9.87. The molecule has 0 aromatic heterocycles. The largest absolute Gasteiger partial charge is 0.478 e. The molecule has 0 heterocycles. The Morgan fingerprint density at radius 2 is 1.79 bits per heavy atom. The summed E-state index contributed by atoms with van der Waals surface area (Å²) in [6.45, 7) is 5.41. The van der Waals surface area contributed by atoms with E-state index in [1.165, 1.54) is 6.07 Å². The number of aryl methyl sites for hydroxylation is 1. The number of aromatic carboxylic acids is 1. The summed E-state index contributed by atoms with van der Waals surface area (Å²) < 4.78 is 25.3. The Balaban J connectivity index is 1.56. The minimum absolute atomic E-state index is 0.0268. The second-order valence-electron chi connectivity index (χ2n) is 10.6. The molecule has 39 heavy (non-hydrogen) atoms. The minimum atomic E-state index is -1.38. The molecule has 0 bridgehead atoms. The number of carbonyl (C=O) groups is 2. The highest BCUT2D eigenvalue weighted by molar-refractivity contribution is 6.30. The van der Waals surface area contributed by atoms with Crippen LogP contribution >= 0.6 is 11.6 Å². The SMILES string of the molecule is CC(C)(C)OC(=O)N(C[C@@H](O)c1cccc(Cl)c1)[C@H]1CCc2ccc(Oc3ccc(F)c(C(=O)O)c3)cc2C1. The number of aliphatic hydroxyl groups excluding tert-OH is 1. The summed E-state index contributed by atoms with van der Waals surface area (Å²) in [6.07, 6.45) is 0.394. The highest BCUT2D eigenvalue weighted by Gasteiger charge is 2.33. The van der Waals surface area contributed by atoms with Gasteiger partial charge in [-0.1, -0.05) is 29.8 Å². The molecule has 0 spiro atoms. The summed E-state index contributed by atoms with van der Waals surface area (Å²) >= 11 is 6.11. The lowest BCUT2D eigenvalue weighted by Gasteiger charge is -2.37. The van der Waals surface area contributed by atoms with Crippen LogP contribution in [-0.2, 0) is 17.6 Å². The van der Waals surface area contributed by atoms with Crippen LogP contribution in [-0.4, -0.2) is 45.4 Å². The van der Waals surface area contributed by atoms with E-state index in [1.807, 2.05) is 12.1 Å². The summed E-state index contributed by atoms with van der Waals surface area (Å²) in [5.74, 6) is -1.57. The zero-order valence-corrected chi connectivity index (χ0v) is 22.7. The molecule has 3 aromatic rings. The monoisotopic (exact) mass is 555 g/mol. The number of rotatable bonds is 7. The molecule has 0 saturated heterocycles. The summed E-state index contributed by atoms with van der Waals surface area (Å²) in [5.41, 5.74) is 1.46. The standard InChI is InChI=1S/C30H31ClFNO6/c1-30(2,3)39-29(37)33(17-27(34)19-5-4-6-21(31)13-19)22-9-7-18-8-10-23(15-20(18)14-22)38-24-11-12-26(32)25(16-24)28(35)36/h4-6,8,10-13,15-16,22,27,34H,7,9,14,17H2,1-3H3,(H,35,36)/t22-,27+/m0/s1. The maximum atomic E-state index is 13.8. The molecule has 0 unspecified atom stereocenters. The number of nitrogens with zero attached hydrogens (tertiary/aromatic N) is 1. The predicted octanol–water partition coefficient (Wildman–Crippen LogP) is 6.80. The Bertz CT molecular complexity index is 1370. The number of fused-ring (bicyclic) bond motifs is 1. The lowest BCUT2D eigenvalue weighted by molar-refractivity contribution is 0.00194. The van der Waals surface area contributed by atoms with Crippen molar-refractivity contribution in [2.24, 2.45) is 0 Å². The number of halogens is 2. The van der Waals surface area contributed by atoms with Gasteiger partial charge in [-0.2, -0.15) is 0 Å². The number of carbonyl (C=O) groups excluding carboxylic acids is 1. The van der Waals surface area contributed by atoms with Crippen LogP contribution < -0.4 is 4.74 Å². The van der Waals surface area contributed by atoms with Crippen molar-refractivity contribution in [3.63, 3.8) is 0 Å². The molecule has 0 aliphatic heterocycles. The van der Waals surface area contributed by atoms with Crippen LogP contribution in [0.2, 0.25) is 5.02 Å². The zero-order chi connectivity index (χ0) is 28.3. The van der Waals surface area contributed by atoms with Gasteiger partial charge in [0.2, 0.25) is 0 Å². The molecule has 0 radical (unpaired) electrons. The number of ether oxygens (including phenoxy) is 2. The van der Waals surface area contributed by atoms with Crippen LogP contribution in [0.4, 0.5) is 9.18 Å². The van der Waals surface area contributed by atoms with Gasteiger partial charge in [-0.15, -0.1) is 0 Å². The number of aliphatic hydroxyl groups is 1. The second kappa shape index (κ2) is 11.6. The Hall–Kier alpha value is -3.62. The van der Waals surface area contributed by atoms with E-state index in [0.29, 0.717) is 35.6 Å². The van der Waals surface area contributed by atoms with Gasteiger partial charge in [-0.05, 0) is 99.2 Å². The molecule has 2 N–H and O–H groups in total. The van der Waals surface area contributed by atoms with Crippen molar-refractivity contribution in [3.05, 3.63) is 93.8 Å². The number of hydrogen-bond acceptors (Lipinski definition) is 5. The van der Waals surface area contributed by atoms with Crippen molar-refractivity contribution < 1.29 is 33.7 Å². The van der Waals surface area contributed by atoms with Crippen molar-refractivity contribution in [1.82, 2.24) is 4.90 Å². The highest BCUT2D eigenvalue weighted by atomic mass is 35.5. The Labute approximate surface area is 231 Å². The topological polar surface area (TPSA) is 96.3 Å². The maximum absolute atomic E-state index is 13.8. The normalized spacial score (nSPS) is 15.7. The summed E-state index contributed by atoms with van der Waals surface area (Å²) in [5, 5.41) is 20.7. The van der Waals surface area contributed by atoms with Crippen LogP contribution in [0, 0.1) is 5.82 Å². The van der Waals surface area contributed by atoms with Crippen molar-refractivity contribution in [3.8, 4) is 11.5 Å². The number of benzene rings is 3. The predicted molar refractivity (Wildman–Crippen MR) is 145 cm³/mol. The van der Waals surface area contributed by atoms with Gasteiger partial charge < -0.3 is 24.6 Å². The molecule has 0 saturated carbocycles. The molecular weight excluding hydrogens is 525 g/mol. The van der Waals surface area contributed by atoms with Crippen LogP contribution in [0.15, 0.2) is 60.7 Å². The van der Waals surface area contributed by atoms with Gasteiger partial charge in [0.25, 0.3) is 0 Å². The van der Waals surface area contributed by atoms with Gasteiger partial charge in [-0.25, -0.2) is 14.0 Å². The first-order chi connectivity index (χ1) is 18.4. The first kappa shape index (κ1) is 28.4. The Kier molecular flexibility index (Phi) is 8.47. The number of carboxylic acid groups (broad SMARTS) is 1. The van der Waals surface area contributed by atoms with E-state index in [4.69, 9.17) is 21.1 Å². The molecule has 2 atom stereocenters. The van der Waals surface area contributed by atoms with Gasteiger partial charge in [0.1, 0.15) is 22.9 Å². The van der Waals surface area contributed by atoms with Crippen LogP contribution in [0.25, 0.3) is 0 Å². The van der Waals surface area contributed by atoms with Crippen LogP contribution in [0.1, 0.15) is 60.3 Å². The fraction of sp³-hybridized carbons (Fsp3) is 0.333. The number of carboxylic acids is 1. The van der Waals surface area contributed by atoms with E-state index >= 15 is 0 Å². The fourth-order valence-corrected chi connectivity index (χ4v) is 4.81. The number of hydrogen-bond donors (Lipinski definition) is 2. The Morgan fingerprint density at radius 3 is 2.49 bits per heavy atom. The molecule has 9 heteroatoms. The first-order valence-electron chi connectivity index (χ1n) is 12.7. The number of amides is 1. The molecule has 1 aliphatic carbocycles. The molecule has 7 nitrogen and oxygen atoms in total. The van der Waals surface area contributed by atoms with E-state index in [2.05, 4.69) is 0 Å². The summed E-state index contributed by atoms with van der Waals surface area (Å²) in [4.78, 5) is 26.1. The van der Waals surface area contributed by atoms with Crippen molar-refractivity contribution >= 4 is 23.7 Å². The van der Waals surface area contributed by atoms with Gasteiger partial charge in [-0.3, -0.25) is 0 Å². The van der Waals surface area contributed by atoms with Crippen LogP contribution in [0.5, 0.6) is 11.5 Å². The van der Waals surface area contributed by atoms with Gasteiger partial charge in [0.05, 0.1) is 18.2 Å². The van der Waals surface area contributed by atoms with Crippen molar-refractivity contribution in [1.29, 1.82) is 0 Å². The zero-order valence-electron chi connectivity index (χ0n) is 22.0. The smallest absolute Gasteiger partial charge is 0.410 e. The molecular formula is C30H31ClFNO6. The van der Waals surface area contributed by atoms with E-state index in [0.717, 1.165) is 23.3 Å². The highest BCUT2D eigenvalue weighted by Crippen LogP contribution is 2.32. The van der Waals surface area contributed by atoms with Gasteiger partial charge in [0, 0.05) is 11.1 Å². The third kappa shape index (κ3) is 7.28. The van der Waals surface area contributed by atoms with E-state index in [9.17, 15) is 24.2 Å². The molecule has 4 rings (SSSR count). The summed E-state index contributed by atoms with van der Waals surface area (Å²) in [6, 6.07) is 15.8. The van der Waals surface area contributed by atoms with Crippen molar-refractivity contribution in [2.75, 3.05) is 6.54 Å². The van der Waals surface area contributed by atoms with Gasteiger partial charge >= 0.3 is 12.1 Å². The average molecular weight is 556 g/mol. The van der Waals surface area contributed by atoms with Crippen LogP contribution in [0.3, 0.4) is 0 Å². The minimum Gasteiger partial charge on any atom is -0.478 e. The third-order valence-corrected chi connectivity index (χ3v) is 6.69. The lowest BCUT2D eigenvalue weighted by Crippen LogP contribution is -2.47. The third-order valence-electron chi connectivity index (χ3n) is 6.46.